The zero-order valence-corrected chi connectivity index (χ0v) is 15.8. The van der Waals surface area contributed by atoms with Gasteiger partial charge in [-0.25, -0.2) is 9.59 Å². The molecule has 0 aliphatic heterocycles. The number of carbonyl (C=O) groups is 2. The molecule has 25 heavy (non-hydrogen) atoms. The molecule has 0 unspecified atom stereocenters. The number of aryl methyl sites for hydroxylation is 1. The van der Waals surface area contributed by atoms with E-state index in [2.05, 4.69) is 6.92 Å². The Balaban J connectivity index is 3.11. The minimum atomic E-state index is -0.635. The highest BCUT2D eigenvalue weighted by molar-refractivity contribution is 6.00. The predicted molar refractivity (Wildman–Crippen MR) is 97.2 cm³/mol. The summed E-state index contributed by atoms with van der Waals surface area (Å²) in [6.45, 7) is 4.00. The Bertz CT molecular complexity index is 592. The highest BCUT2D eigenvalue weighted by atomic mass is 16.5. The van der Waals surface area contributed by atoms with Crippen LogP contribution < -0.4 is 0 Å². The van der Waals surface area contributed by atoms with Crippen molar-refractivity contribution >= 4 is 11.9 Å². The summed E-state index contributed by atoms with van der Waals surface area (Å²) in [5, 5.41) is 10.6. The van der Waals surface area contributed by atoms with Crippen molar-refractivity contribution in [3.8, 4) is 5.75 Å². The molecule has 0 saturated carbocycles. The lowest BCUT2D eigenvalue weighted by molar-refractivity contribution is 0.0594. The second-order valence-electron chi connectivity index (χ2n) is 6.14. The molecule has 0 spiro atoms. The molecule has 0 heterocycles. The number of aromatic hydroxyl groups is 1. The number of hydrogen-bond acceptors (Lipinski definition) is 5. The van der Waals surface area contributed by atoms with Gasteiger partial charge < -0.3 is 14.6 Å². The summed E-state index contributed by atoms with van der Waals surface area (Å²) in [7, 11) is 2.57. The second-order valence-corrected chi connectivity index (χ2v) is 6.14. The van der Waals surface area contributed by atoms with Crippen molar-refractivity contribution in [1.29, 1.82) is 0 Å². The largest absolute Gasteiger partial charge is 0.507 e. The lowest BCUT2D eigenvalue weighted by atomic mass is 9.92. The van der Waals surface area contributed by atoms with Crippen LogP contribution in [-0.4, -0.2) is 31.3 Å². The topological polar surface area (TPSA) is 72.8 Å². The molecule has 140 valence electrons. The van der Waals surface area contributed by atoms with Gasteiger partial charge in [-0.15, -0.1) is 0 Å². The second kappa shape index (κ2) is 10.7. The van der Waals surface area contributed by atoms with E-state index in [0.717, 1.165) is 19.3 Å². The predicted octanol–water partition coefficient (Wildman–Crippen LogP) is 4.43. The lowest BCUT2D eigenvalue weighted by Gasteiger charge is -2.16. The van der Waals surface area contributed by atoms with Crippen LogP contribution in [0.5, 0.6) is 5.75 Å². The Morgan fingerprint density at radius 2 is 1.56 bits per heavy atom. The Kier molecular flexibility index (Phi) is 9.03. The third-order valence-corrected chi connectivity index (χ3v) is 4.43. The number of methoxy groups -OCH3 is 2. The van der Waals surface area contributed by atoms with E-state index in [9.17, 15) is 14.7 Å². The van der Waals surface area contributed by atoms with Gasteiger partial charge >= 0.3 is 11.9 Å². The van der Waals surface area contributed by atoms with Crippen molar-refractivity contribution in [3.63, 3.8) is 0 Å². The SMILES string of the molecule is CCCCCCCCc1cc(C(=O)OC)c(CC)c(C(=O)OC)c1O. The number of esters is 2. The molecule has 0 fully saturated rings. The molecular weight excluding hydrogens is 320 g/mol. The van der Waals surface area contributed by atoms with Crippen molar-refractivity contribution in [3.05, 3.63) is 28.3 Å². The molecule has 1 aromatic rings. The van der Waals surface area contributed by atoms with Gasteiger partial charge in [0.05, 0.1) is 19.8 Å². The van der Waals surface area contributed by atoms with Gasteiger partial charge in [-0.1, -0.05) is 46.0 Å². The smallest absolute Gasteiger partial charge is 0.341 e. The van der Waals surface area contributed by atoms with Gasteiger partial charge in [-0.05, 0) is 36.5 Å². The van der Waals surface area contributed by atoms with E-state index < -0.39 is 11.9 Å². The van der Waals surface area contributed by atoms with Crippen molar-refractivity contribution in [2.75, 3.05) is 14.2 Å². The number of hydrogen-bond donors (Lipinski definition) is 1. The molecule has 1 rings (SSSR count). The quantitative estimate of drug-likeness (QED) is 0.499. The maximum absolute atomic E-state index is 12.1. The zero-order chi connectivity index (χ0) is 18.8. The molecule has 0 aliphatic carbocycles. The molecule has 5 nitrogen and oxygen atoms in total. The van der Waals surface area contributed by atoms with Gasteiger partial charge in [0.25, 0.3) is 0 Å². The van der Waals surface area contributed by atoms with E-state index in [0.29, 0.717) is 29.5 Å². The summed E-state index contributed by atoms with van der Waals surface area (Å²) in [5.74, 6) is -1.22. The highest BCUT2D eigenvalue weighted by Gasteiger charge is 2.25. The van der Waals surface area contributed by atoms with Gasteiger partial charge in [0, 0.05) is 0 Å². The molecule has 0 amide bonds. The summed E-state index contributed by atoms with van der Waals surface area (Å²) in [6.07, 6.45) is 7.75. The molecule has 5 heteroatoms. The van der Waals surface area contributed by atoms with Crippen molar-refractivity contribution in [1.82, 2.24) is 0 Å². The Hall–Kier alpha value is -2.04. The number of rotatable bonds is 10. The fourth-order valence-corrected chi connectivity index (χ4v) is 3.04. The van der Waals surface area contributed by atoms with Crippen LogP contribution in [0.4, 0.5) is 0 Å². The monoisotopic (exact) mass is 350 g/mol. The first-order valence-corrected chi connectivity index (χ1v) is 9.06. The van der Waals surface area contributed by atoms with Crippen LogP contribution in [0.1, 0.15) is 84.2 Å². The van der Waals surface area contributed by atoms with E-state index >= 15 is 0 Å². The minimum absolute atomic E-state index is 0.0777. The van der Waals surface area contributed by atoms with Crippen LogP contribution in [0.2, 0.25) is 0 Å². The fourth-order valence-electron chi connectivity index (χ4n) is 3.04. The van der Waals surface area contributed by atoms with E-state index in [1.54, 1.807) is 6.07 Å². The Labute approximate surface area is 150 Å². The average molecular weight is 350 g/mol. The van der Waals surface area contributed by atoms with Crippen molar-refractivity contribution in [2.24, 2.45) is 0 Å². The summed E-state index contributed by atoms with van der Waals surface area (Å²) in [5.41, 5.74) is 1.45. The molecule has 0 radical (unpaired) electrons. The van der Waals surface area contributed by atoms with Crippen LogP contribution in [0, 0.1) is 0 Å². The number of phenols is 1. The minimum Gasteiger partial charge on any atom is -0.507 e. The fraction of sp³-hybridized carbons (Fsp3) is 0.600. The normalized spacial score (nSPS) is 10.6. The molecule has 1 aromatic carbocycles. The molecule has 0 aromatic heterocycles. The van der Waals surface area contributed by atoms with Gasteiger partial charge in [-0.2, -0.15) is 0 Å². The molecule has 0 aliphatic rings. The maximum Gasteiger partial charge on any atom is 0.341 e. The molecular formula is C20H30O5. The summed E-state index contributed by atoms with van der Waals surface area (Å²) < 4.78 is 9.64. The first kappa shape index (κ1) is 21.0. The number of phenolic OH excluding ortho intramolecular Hbond substituents is 1. The standard InChI is InChI=1S/C20H30O5/c1-5-7-8-9-10-11-12-14-13-16(19(22)24-3)15(6-2)17(18(14)21)20(23)25-4/h13,21H,5-12H2,1-4H3. The van der Waals surface area contributed by atoms with E-state index in [1.807, 2.05) is 6.92 Å². The summed E-state index contributed by atoms with van der Waals surface area (Å²) in [6, 6.07) is 1.65. The number of ether oxygens (including phenoxy) is 2. The number of benzene rings is 1. The van der Waals surface area contributed by atoms with Gasteiger partial charge in [-0.3, -0.25) is 0 Å². The summed E-state index contributed by atoms with van der Waals surface area (Å²) in [4.78, 5) is 24.3. The Morgan fingerprint density at radius 1 is 0.960 bits per heavy atom. The Morgan fingerprint density at radius 3 is 2.12 bits per heavy atom. The van der Waals surface area contributed by atoms with Crippen LogP contribution >= 0.6 is 0 Å². The molecule has 0 atom stereocenters. The first-order chi connectivity index (χ1) is 12.0. The van der Waals surface area contributed by atoms with Crippen LogP contribution in [0.25, 0.3) is 0 Å². The lowest BCUT2D eigenvalue weighted by Crippen LogP contribution is -2.14. The van der Waals surface area contributed by atoms with E-state index in [4.69, 9.17) is 9.47 Å². The first-order valence-electron chi connectivity index (χ1n) is 9.06. The van der Waals surface area contributed by atoms with Gasteiger partial charge in [0.15, 0.2) is 0 Å². The van der Waals surface area contributed by atoms with Gasteiger partial charge in [0.2, 0.25) is 0 Å². The third-order valence-electron chi connectivity index (χ3n) is 4.43. The highest BCUT2D eigenvalue weighted by Crippen LogP contribution is 2.32. The number of carbonyl (C=O) groups excluding carboxylic acids is 2. The van der Waals surface area contributed by atoms with Crippen LogP contribution in [-0.2, 0) is 22.3 Å². The maximum atomic E-state index is 12.1. The van der Waals surface area contributed by atoms with Crippen LogP contribution in [0.3, 0.4) is 0 Å². The molecule has 1 N–H and O–H groups in total. The molecule has 0 saturated heterocycles. The number of unbranched alkanes of at least 4 members (excludes halogenated alkanes) is 5. The van der Waals surface area contributed by atoms with Crippen molar-refractivity contribution in [2.45, 2.75) is 65.2 Å². The van der Waals surface area contributed by atoms with Crippen molar-refractivity contribution < 1.29 is 24.2 Å². The van der Waals surface area contributed by atoms with Gasteiger partial charge in [0.1, 0.15) is 11.3 Å². The average Bonchev–Trinajstić information content (AvgIpc) is 2.63. The summed E-state index contributed by atoms with van der Waals surface area (Å²) >= 11 is 0. The van der Waals surface area contributed by atoms with Crippen LogP contribution in [0.15, 0.2) is 6.07 Å². The van der Waals surface area contributed by atoms with E-state index in [1.165, 1.54) is 33.5 Å². The third kappa shape index (κ3) is 5.48. The zero-order valence-electron chi connectivity index (χ0n) is 15.8. The van der Waals surface area contributed by atoms with E-state index in [-0.39, 0.29) is 11.3 Å². The molecule has 0 bridgehead atoms.